The molecule has 0 aliphatic carbocycles. The maximum Gasteiger partial charge on any atom is 0.247 e. The van der Waals surface area contributed by atoms with Crippen LogP contribution in [0.4, 0.5) is 5.69 Å². The zero-order valence-corrected chi connectivity index (χ0v) is 11.7. The lowest BCUT2D eigenvalue weighted by atomic mass is 9.85. The van der Waals surface area contributed by atoms with Gasteiger partial charge >= 0.3 is 0 Å². The highest BCUT2D eigenvalue weighted by molar-refractivity contribution is 5.93. The summed E-state index contributed by atoms with van der Waals surface area (Å²) >= 11 is 0. The van der Waals surface area contributed by atoms with Crippen LogP contribution >= 0.6 is 0 Å². The second-order valence-corrected chi connectivity index (χ2v) is 5.59. The van der Waals surface area contributed by atoms with Gasteiger partial charge in [-0.05, 0) is 25.0 Å². The van der Waals surface area contributed by atoms with Gasteiger partial charge in [-0.1, -0.05) is 18.2 Å². The van der Waals surface area contributed by atoms with Gasteiger partial charge in [-0.3, -0.25) is 4.79 Å². The normalized spacial score (nSPS) is 22.2. The van der Waals surface area contributed by atoms with Gasteiger partial charge in [-0.25, -0.2) is 0 Å². The molecule has 1 aromatic rings. The van der Waals surface area contributed by atoms with E-state index in [-0.39, 0.29) is 11.4 Å². The van der Waals surface area contributed by atoms with Crippen molar-refractivity contribution < 1.29 is 4.79 Å². The van der Waals surface area contributed by atoms with Gasteiger partial charge in [0.1, 0.15) is 5.54 Å². The van der Waals surface area contributed by atoms with Crippen LogP contribution in [-0.2, 0) is 4.79 Å². The fraction of sp³-hybridized carbons (Fsp3) is 0.533. The Morgan fingerprint density at radius 3 is 2.55 bits per heavy atom. The van der Waals surface area contributed by atoms with E-state index in [0.29, 0.717) is 13.2 Å². The van der Waals surface area contributed by atoms with E-state index in [1.54, 1.807) is 0 Å². The van der Waals surface area contributed by atoms with Crippen molar-refractivity contribution in [1.82, 2.24) is 10.2 Å². The van der Waals surface area contributed by atoms with Gasteiger partial charge < -0.3 is 20.9 Å². The number of piperidine rings is 1. The molecule has 0 unspecified atom stereocenters. The molecule has 0 bridgehead atoms. The summed E-state index contributed by atoms with van der Waals surface area (Å²) < 4.78 is 0. The Hall–Kier alpha value is -1.59. The van der Waals surface area contributed by atoms with E-state index < -0.39 is 0 Å². The molecular formula is C15H22N4O. The molecule has 2 heterocycles. The average Bonchev–Trinajstić information content (AvgIpc) is 2.80. The number of carbonyl (C=O) groups is 1. The molecule has 5 heteroatoms. The van der Waals surface area contributed by atoms with E-state index in [1.165, 1.54) is 0 Å². The second kappa shape index (κ2) is 5.42. The minimum absolute atomic E-state index is 0.175. The molecular weight excluding hydrogens is 252 g/mol. The number of amides is 1. The third-order valence-electron chi connectivity index (χ3n) is 4.53. The molecule has 5 nitrogen and oxygen atoms in total. The predicted molar refractivity (Wildman–Crippen MR) is 79.4 cm³/mol. The third kappa shape index (κ3) is 2.17. The Morgan fingerprint density at radius 1 is 1.20 bits per heavy atom. The molecule has 0 atom stereocenters. The number of hydrogen-bond donors (Lipinski definition) is 2. The van der Waals surface area contributed by atoms with Crippen LogP contribution < -0.4 is 16.0 Å². The van der Waals surface area contributed by atoms with Crippen molar-refractivity contribution in [2.24, 2.45) is 5.73 Å². The summed E-state index contributed by atoms with van der Waals surface area (Å²) in [5, 5.41) is 3.02. The van der Waals surface area contributed by atoms with Crippen LogP contribution in [0.5, 0.6) is 0 Å². The smallest absolute Gasteiger partial charge is 0.247 e. The molecule has 2 fully saturated rings. The molecule has 2 aliphatic heterocycles. The molecule has 20 heavy (non-hydrogen) atoms. The number of anilines is 1. The van der Waals surface area contributed by atoms with Crippen LogP contribution in [0, 0.1) is 0 Å². The third-order valence-corrected chi connectivity index (χ3v) is 4.53. The first kappa shape index (κ1) is 13.4. The first-order valence-electron chi connectivity index (χ1n) is 7.30. The molecule has 1 amide bonds. The van der Waals surface area contributed by atoms with E-state index in [1.807, 2.05) is 18.2 Å². The van der Waals surface area contributed by atoms with Gasteiger partial charge in [0.05, 0.1) is 6.67 Å². The maximum absolute atomic E-state index is 12.4. The van der Waals surface area contributed by atoms with Crippen molar-refractivity contribution in [2.75, 3.05) is 37.7 Å². The summed E-state index contributed by atoms with van der Waals surface area (Å²) in [6.45, 7) is 4.09. The first-order chi connectivity index (χ1) is 9.76. The number of nitrogens with zero attached hydrogens (tertiary/aromatic N) is 2. The van der Waals surface area contributed by atoms with Crippen LogP contribution in [0.2, 0.25) is 0 Å². The maximum atomic E-state index is 12.4. The van der Waals surface area contributed by atoms with Gasteiger partial charge in [-0.15, -0.1) is 0 Å². The van der Waals surface area contributed by atoms with Crippen LogP contribution in [-0.4, -0.2) is 49.2 Å². The highest BCUT2D eigenvalue weighted by Crippen LogP contribution is 2.35. The predicted octanol–water partition coefficient (Wildman–Crippen LogP) is 0.374. The van der Waals surface area contributed by atoms with E-state index in [2.05, 4.69) is 27.2 Å². The molecule has 2 saturated heterocycles. The number of benzene rings is 1. The molecule has 1 spiro atoms. The van der Waals surface area contributed by atoms with Crippen molar-refractivity contribution >= 4 is 11.6 Å². The average molecular weight is 274 g/mol. The van der Waals surface area contributed by atoms with Crippen LogP contribution in [0.1, 0.15) is 12.8 Å². The highest BCUT2D eigenvalue weighted by Gasteiger charge is 2.50. The number of likely N-dealkylation sites (tertiary alicyclic amines) is 1. The monoisotopic (exact) mass is 274 g/mol. The number of hydrogen-bond acceptors (Lipinski definition) is 4. The van der Waals surface area contributed by atoms with Crippen molar-refractivity contribution in [1.29, 1.82) is 0 Å². The number of rotatable bonds is 3. The zero-order valence-electron chi connectivity index (χ0n) is 11.7. The van der Waals surface area contributed by atoms with Gasteiger partial charge in [0.2, 0.25) is 5.91 Å². The Labute approximate surface area is 119 Å². The van der Waals surface area contributed by atoms with E-state index >= 15 is 0 Å². The summed E-state index contributed by atoms with van der Waals surface area (Å²) in [6.07, 6.45) is 1.74. The summed E-state index contributed by atoms with van der Waals surface area (Å²) in [6, 6.07) is 10.2. The fourth-order valence-electron chi connectivity index (χ4n) is 3.36. The number of nitrogens with one attached hydrogen (secondary N) is 1. The van der Waals surface area contributed by atoms with Crippen molar-refractivity contribution in [3.8, 4) is 0 Å². The van der Waals surface area contributed by atoms with Crippen molar-refractivity contribution in [3.05, 3.63) is 30.3 Å². The minimum Gasteiger partial charge on any atom is -0.339 e. The van der Waals surface area contributed by atoms with Gasteiger partial charge in [-0.2, -0.15) is 0 Å². The molecule has 3 rings (SSSR count). The minimum atomic E-state index is -0.369. The Kier molecular flexibility index (Phi) is 3.63. The summed E-state index contributed by atoms with van der Waals surface area (Å²) in [4.78, 5) is 17.0. The lowest BCUT2D eigenvalue weighted by Gasteiger charge is -2.43. The standard InChI is InChI=1S/C15H22N4O/c16-8-11-18-9-6-15(7-10-18)14(20)17-12-19(15)13-4-2-1-3-5-13/h1-5H,6-12,16H2,(H,17,20). The van der Waals surface area contributed by atoms with Crippen LogP contribution in [0.3, 0.4) is 0 Å². The van der Waals surface area contributed by atoms with Crippen LogP contribution in [0.15, 0.2) is 30.3 Å². The Bertz CT molecular complexity index is 468. The van der Waals surface area contributed by atoms with Gasteiger partial charge in [0.25, 0.3) is 0 Å². The van der Waals surface area contributed by atoms with Gasteiger partial charge in [0, 0.05) is 31.9 Å². The van der Waals surface area contributed by atoms with Crippen molar-refractivity contribution in [2.45, 2.75) is 18.4 Å². The molecule has 3 N–H and O–H groups in total. The summed E-state index contributed by atoms with van der Waals surface area (Å²) in [5.41, 5.74) is 6.37. The molecule has 108 valence electrons. The SMILES string of the molecule is NCCN1CCC2(CC1)C(=O)NCN2c1ccccc1. The molecule has 2 aliphatic rings. The molecule has 0 saturated carbocycles. The summed E-state index contributed by atoms with van der Waals surface area (Å²) in [5.74, 6) is 0.175. The van der Waals surface area contributed by atoms with E-state index in [4.69, 9.17) is 5.73 Å². The number of carbonyl (C=O) groups excluding carboxylic acids is 1. The van der Waals surface area contributed by atoms with E-state index in [0.717, 1.165) is 38.2 Å². The first-order valence-corrected chi connectivity index (χ1v) is 7.30. The van der Waals surface area contributed by atoms with Crippen LogP contribution in [0.25, 0.3) is 0 Å². The topological polar surface area (TPSA) is 61.6 Å². The number of nitrogens with two attached hydrogens (primary N) is 1. The molecule has 0 radical (unpaired) electrons. The van der Waals surface area contributed by atoms with E-state index in [9.17, 15) is 4.79 Å². The largest absolute Gasteiger partial charge is 0.339 e. The summed E-state index contributed by atoms with van der Waals surface area (Å²) in [7, 11) is 0. The zero-order chi connectivity index (χ0) is 14.0. The molecule has 1 aromatic carbocycles. The second-order valence-electron chi connectivity index (χ2n) is 5.59. The highest BCUT2D eigenvalue weighted by atomic mass is 16.2. The quantitative estimate of drug-likeness (QED) is 0.836. The van der Waals surface area contributed by atoms with Crippen molar-refractivity contribution in [3.63, 3.8) is 0 Å². The Balaban J connectivity index is 1.81. The fourth-order valence-corrected chi connectivity index (χ4v) is 3.36. The lowest BCUT2D eigenvalue weighted by molar-refractivity contribution is -0.125. The number of para-hydroxylation sites is 1. The lowest BCUT2D eigenvalue weighted by Crippen LogP contribution is -2.56. The van der Waals surface area contributed by atoms with Gasteiger partial charge in [0.15, 0.2) is 0 Å². The Morgan fingerprint density at radius 2 is 1.90 bits per heavy atom. The molecule has 0 aromatic heterocycles.